The van der Waals surface area contributed by atoms with E-state index in [0.717, 1.165) is 18.6 Å². The summed E-state index contributed by atoms with van der Waals surface area (Å²) in [5.74, 6) is -0.303. The smallest absolute Gasteiger partial charge is 0.411 e. The van der Waals surface area contributed by atoms with Crippen LogP contribution in [0.2, 0.25) is 0 Å². The molecule has 1 aliphatic rings. The molecular formula is C19H19F2N5O2. The molecule has 9 heteroatoms. The molecule has 1 aromatic carbocycles. The molecule has 1 aliphatic heterocycles. The van der Waals surface area contributed by atoms with Gasteiger partial charge in [0.15, 0.2) is 5.65 Å². The van der Waals surface area contributed by atoms with Crippen molar-refractivity contribution in [2.45, 2.75) is 25.8 Å². The molecule has 1 amide bonds. The Bertz CT molecular complexity index is 1020. The highest BCUT2D eigenvalue weighted by atomic mass is 19.1. The van der Waals surface area contributed by atoms with E-state index >= 15 is 0 Å². The number of nitrogens with zero attached hydrogens (tertiary/aromatic N) is 4. The highest BCUT2D eigenvalue weighted by Crippen LogP contribution is 2.37. The third-order valence-electron chi connectivity index (χ3n) is 4.73. The van der Waals surface area contributed by atoms with E-state index < -0.39 is 17.7 Å². The van der Waals surface area contributed by atoms with Crippen LogP contribution in [-0.2, 0) is 4.74 Å². The van der Waals surface area contributed by atoms with Crippen molar-refractivity contribution in [2.75, 3.05) is 23.4 Å². The molecule has 0 bridgehead atoms. The normalized spacial score (nSPS) is 16.5. The molecule has 3 heterocycles. The topological polar surface area (TPSA) is 71.8 Å². The molecule has 1 atom stereocenters. The fraction of sp³-hybridized carbons (Fsp3) is 0.316. The summed E-state index contributed by atoms with van der Waals surface area (Å²) in [6.07, 6.45) is 4.13. The Balaban J connectivity index is 1.68. The molecule has 1 fully saturated rings. The van der Waals surface area contributed by atoms with E-state index in [1.165, 1.54) is 16.8 Å². The zero-order chi connectivity index (χ0) is 19.7. The van der Waals surface area contributed by atoms with Crippen molar-refractivity contribution >= 4 is 23.2 Å². The molecule has 0 saturated carbocycles. The van der Waals surface area contributed by atoms with Crippen molar-refractivity contribution in [3.05, 3.63) is 53.9 Å². The molecule has 1 N–H and O–H groups in total. The van der Waals surface area contributed by atoms with E-state index in [9.17, 15) is 13.6 Å². The van der Waals surface area contributed by atoms with E-state index in [-0.39, 0.29) is 12.6 Å². The molecular weight excluding hydrogens is 368 g/mol. The van der Waals surface area contributed by atoms with Crippen LogP contribution in [0, 0.1) is 11.6 Å². The lowest BCUT2D eigenvalue weighted by atomic mass is 10.0. The number of halogens is 2. The number of rotatable bonds is 4. The minimum absolute atomic E-state index is 0.248. The van der Waals surface area contributed by atoms with Crippen molar-refractivity contribution < 1.29 is 18.3 Å². The van der Waals surface area contributed by atoms with Gasteiger partial charge in [-0.25, -0.2) is 23.1 Å². The molecule has 2 aromatic heterocycles. The minimum atomic E-state index is -0.592. The van der Waals surface area contributed by atoms with Gasteiger partial charge < -0.3 is 9.64 Å². The van der Waals surface area contributed by atoms with Gasteiger partial charge in [-0.3, -0.25) is 5.32 Å². The first-order valence-corrected chi connectivity index (χ1v) is 9.06. The molecule has 0 radical (unpaired) electrons. The Morgan fingerprint density at radius 2 is 2.21 bits per heavy atom. The van der Waals surface area contributed by atoms with E-state index in [4.69, 9.17) is 4.74 Å². The molecule has 1 saturated heterocycles. The second kappa shape index (κ2) is 7.41. The molecule has 28 heavy (non-hydrogen) atoms. The SMILES string of the molecule is CCOC(=O)Nc1cnn2ccc(N3CCC[C@@H]3c3cc(F)ccc3F)nc12. The first-order chi connectivity index (χ1) is 13.6. The van der Waals surface area contributed by atoms with Gasteiger partial charge in [-0.05, 0) is 44.0 Å². The Hall–Kier alpha value is -3.23. The fourth-order valence-corrected chi connectivity index (χ4v) is 3.52. The summed E-state index contributed by atoms with van der Waals surface area (Å²) in [4.78, 5) is 18.3. The monoisotopic (exact) mass is 387 g/mol. The third-order valence-corrected chi connectivity index (χ3v) is 4.73. The quantitative estimate of drug-likeness (QED) is 0.735. The van der Waals surface area contributed by atoms with Crippen LogP contribution in [0.25, 0.3) is 5.65 Å². The van der Waals surface area contributed by atoms with E-state index in [1.807, 2.05) is 4.90 Å². The number of carbonyl (C=O) groups excluding carboxylic acids is 1. The van der Waals surface area contributed by atoms with Crippen LogP contribution >= 0.6 is 0 Å². The lowest BCUT2D eigenvalue weighted by molar-refractivity contribution is 0.168. The standard InChI is InChI=1S/C19H19F2N5O2/c1-2-28-19(27)23-15-11-22-26-9-7-17(24-18(15)26)25-8-3-4-16(25)13-10-12(20)5-6-14(13)21/h5-7,9-11,16H,2-4,8H2,1H3,(H,23,27)/t16-/m1/s1. The van der Waals surface area contributed by atoms with Crippen molar-refractivity contribution in [2.24, 2.45) is 0 Å². The molecule has 0 unspecified atom stereocenters. The number of ether oxygens (including phenoxy) is 1. The number of benzene rings is 1. The first kappa shape index (κ1) is 18.1. The maximum absolute atomic E-state index is 14.3. The number of fused-ring (bicyclic) bond motifs is 1. The van der Waals surface area contributed by atoms with Crippen molar-refractivity contribution in [3.8, 4) is 0 Å². The number of anilines is 2. The largest absolute Gasteiger partial charge is 0.450 e. The summed E-state index contributed by atoms with van der Waals surface area (Å²) in [5, 5.41) is 6.77. The molecule has 0 spiro atoms. The Morgan fingerprint density at radius 3 is 3.04 bits per heavy atom. The van der Waals surface area contributed by atoms with E-state index in [1.54, 1.807) is 19.2 Å². The maximum Gasteiger partial charge on any atom is 0.411 e. The van der Waals surface area contributed by atoms with E-state index in [0.29, 0.717) is 35.7 Å². The van der Waals surface area contributed by atoms with Gasteiger partial charge in [0.1, 0.15) is 23.1 Å². The van der Waals surface area contributed by atoms with Crippen molar-refractivity contribution in [1.29, 1.82) is 0 Å². The summed E-state index contributed by atoms with van der Waals surface area (Å²) in [5.41, 5.74) is 1.17. The van der Waals surface area contributed by atoms with Crippen LogP contribution in [0.1, 0.15) is 31.4 Å². The highest BCUT2D eigenvalue weighted by molar-refractivity contribution is 5.89. The van der Waals surface area contributed by atoms with Crippen molar-refractivity contribution in [3.63, 3.8) is 0 Å². The maximum atomic E-state index is 14.3. The van der Waals surface area contributed by atoms with Gasteiger partial charge in [0, 0.05) is 18.3 Å². The molecule has 146 valence electrons. The van der Waals surface area contributed by atoms with Gasteiger partial charge in [0.05, 0.1) is 18.8 Å². The predicted octanol–water partition coefficient (Wildman–Crippen LogP) is 3.92. The average Bonchev–Trinajstić information content (AvgIpc) is 3.31. The van der Waals surface area contributed by atoms with Crippen LogP contribution in [-0.4, -0.2) is 33.8 Å². The number of aromatic nitrogens is 3. The highest BCUT2D eigenvalue weighted by Gasteiger charge is 2.30. The second-order valence-electron chi connectivity index (χ2n) is 6.47. The van der Waals surface area contributed by atoms with Gasteiger partial charge in [-0.2, -0.15) is 5.10 Å². The Labute approximate surface area is 159 Å². The van der Waals surface area contributed by atoms with Crippen LogP contribution in [0.5, 0.6) is 0 Å². The number of hydrogen-bond acceptors (Lipinski definition) is 5. The van der Waals surface area contributed by atoms with E-state index in [2.05, 4.69) is 15.4 Å². The Kier molecular flexibility index (Phi) is 4.81. The number of amides is 1. The summed E-state index contributed by atoms with van der Waals surface area (Å²) < 4.78 is 34.4. The van der Waals surface area contributed by atoms with Crippen molar-refractivity contribution in [1.82, 2.24) is 14.6 Å². The zero-order valence-corrected chi connectivity index (χ0v) is 15.2. The predicted molar refractivity (Wildman–Crippen MR) is 99.3 cm³/mol. The zero-order valence-electron chi connectivity index (χ0n) is 15.2. The van der Waals surface area contributed by atoms with Crippen LogP contribution in [0.3, 0.4) is 0 Å². The average molecular weight is 387 g/mol. The van der Waals surface area contributed by atoms with Gasteiger partial charge in [0.25, 0.3) is 0 Å². The molecule has 3 aromatic rings. The van der Waals surface area contributed by atoms with Gasteiger partial charge in [-0.1, -0.05) is 0 Å². The lowest BCUT2D eigenvalue weighted by Crippen LogP contribution is -2.24. The summed E-state index contributed by atoms with van der Waals surface area (Å²) in [7, 11) is 0. The van der Waals surface area contributed by atoms with Gasteiger partial charge >= 0.3 is 6.09 Å². The van der Waals surface area contributed by atoms with Crippen LogP contribution < -0.4 is 10.2 Å². The number of nitrogens with one attached hydrogen (secondary N) is 1. The fourth-order valence-electron chi connectivity index (χ4n) is 3.52. The Morgan fingerprint density at radius 1 is 1.36 bits per heavy atom. The lowest BCUT2D eigenvalue weighted by Gasteiger charge is -2.26. The molecule has 4 rings (SSSR count). The van der Waals surface area contributed by atoms with Gasteiger partial charge in [0.2, 0.25) is 0 Å². The summed E-state index contributed by atoms with van der Waals surface area (Å²) >= 11 is 0. The number of carbonyl (C=O) groups is 1. The minimum Gasteiger partial charge on any atom is -0.450 e. The third kappa shape index (κ3) is 3.35. The first-order valence-electron chi connectivity index (χ1n) is 9.06. The summed E-state index contributed by atoms with van der Waals surface area (Å²) in [6.45, 7) is 2.63. The second-order valence-corrected chi connectivity index (χ2v) is 6.47. The van der Waals surface area contributed by atoms with Crippen LogP contribution in [0.15, 0.2) is 36.7 Å². The van der Waals surface area contributed by atoms with Gasteiger partial charge in [-0.15, -0.1) is 0 Å². The molecule has 0 aliphatic carbocycles. The molecule has 7 nitrogen and oxygen atoms in total. The summed E-state index contributed by atoms with van der Waals surface area (Å²) in [6, 6.07) is 4.96. The number of hydrogen-bond donors (Lipinski definition) is 1. The van der Waals surface area contributed by atoms with Crippen LogP contribution in [0.4, 0.5) is 25.1 Å².